The van der Waals surface area contributed by atoms with E-state index in [1.165, 1.54) is 0 Å². The number of aliphatic imine (C=N–C) groups is 1. The molecule has 0 aliphatic carbocycles. The third-order valence-electron chi connectivity index (χ3n) is 4.45. The molecule has 0 spiro atoms. The van der Waals surface area contributed by atoms with Crippen molar-refractivity contribution in [1.82, 2.24) is 0 Å². The molecule has 0 saturated heterocycles. The van der Waals surface area contributed by atoms with E-state index in [9.17, 15) is 9.90 Å². The van der Waals surface area contributed by atoms with Gasteiger partial charge in [-0.25, -0.2) is 0 Å². The number of fused-ring (bicyclic) bond motifs is 3. The van der Waals surface area contributed by atoms with E-state index in [-0.39, 0.29) is 5.75 Å². The second-order valence-corrected chi connectivity index (χ2v) is 5.99. The van der Waals surface area contributed by atoms with Crippen molar-refractivity contribution in [3.8, 4) is 5.75 Å². The molecule has 26 heavy (non-hydrogen) atoms. The van der Waals surface area contributed by atoms with Crippen molar-refractivity contribution >= 4 is 39.4 Å². The minimum absolute atomic E-state index is 0.166. The summed E-state index contributed by atoms with van der Waals surface area (Å²) in [4.78, 5) is 16.0. The van der Waals surface area contributed by atoms with Gasteiger partial charge in [-0.05, 0) is 28.3 Å². The van der Waals surface area contributed by atoms with Gasteiger partial charge in [0.1, 0.15) is 5.75 Å². The first kappa shape index (κ1) is 15.8. The summed E-state index contributed by atoms with van der Waals surface area (Å²) in [5.74, 6) is -0.370. The molecule has 4 heteroatoms. The molecule has 4 rings (SSSR count). The van der Waals surface area contributed by atoms with Crippen LogP contribution in [-0.4, -0.2) is 17.2 Å². The van der Waals surface area contributed by atoms with Crippen LogP contribution in [-0.2, 0) is 0 Å². The number of phenols is 1. The molecule has 0 aromatic heterocycles. The summed E-state index contributed by atoms with van der Waals surface area (Å²) in [7, 11) is 0. The number of carbonyl (C=O) groups is 1. The molecule has 0 aliphatic heterocycles. The highest BCUT2D eigenvalue weighted by atomic mass is 16.3. The first-order chi connectivity index (χ1) is 12.7. The maximum absolute atomic E-state index is 11.6. The van der Waals surface area contributed by atoms with Gasteiger partial charge >= 0.3 is 0 Å². The highest BCUT2D eigenvalue weighted by Crippen LogP contribution is 2.36. The number of para-hydroxylation sites is 1. The summed E-state index contributed by atoms with van der Waals surface area (Å²) >= 11 is 0. The van der Waals surface area contributed by atoms with Crippen molar-refractivity contribution in [2.24, 2.45) is 10.7 Å². The smallest absolute Gasteiger partial charge is 0.250 e. The van der Waals surface area contributed by atoms with Crippen LogP contribution in [0.15, 0.2) is 77.8 Å². The van der Waals surface area contributed by atoms with Crippen LogP contribution in [0.4, 0.5) is 5.69 Å². The van der Waals surface area contributed by atoms with Gasteiger partial charge in [0.05, 0.1) is 11.3 Å². The van der Waals surface area contributed by atoms with Gasteiger partial charge in [-0.3, -0.25) is 9.79 Å². The molecule has 0 aliphatic rings. The minimum atomic E-state index is -0.537. The van der Waals surface area contributed by atoms with E-state index in [0.29, 0.717) is 16.8 Å². The lowest BCUT2D eigenvalue weighted by Gasteiger charge is -2.10. The van der Waals surface area contributed by atoms with E-state index in [4.69, 9.17) is 5.73 Å². The molecule has 4 nitrogen and oxygen atoms in total. The van der Waals surface area contributed by atoms with E-state index in [1.807, 2.05) is 48.5 Å². The van der Waals surface area contributed by atoms with Crippen LogP contribution in [0.2, 0.25) is 0 Å². The predicted molar refractivity (Wildman–Crippen MR) is 105 cm³/mol. The van der Waals surface area contributed by atoms with E-state index in [2.05, 4.69) is 4.99 Å². The fourth-order valence-corrected chi connectivity index (χ4v) is 3.21. The fraction of sp³-hybridized carbons (Fsp3) is 0. The zero-order valence-electron chi connectivity index (χ0n) is 13.9. The van der Waals surface area contributed by atoms with Crippen LogP contribution in [0.5, 0.6) is 5.75 Å². The number of phenolic OH excluding ortho intramolecular Hbond substituents is 1. The second kappa shape index (κ2) is 6.33. The number of hydrogen-bond donors (Lipinski definition) is 2. The normalized spacial score (nSPS) is 11.4. The summed E-state index contributed by atoms with van der Waals surface area (Å²) in [5.41, 5.74) is 6.84. The highest BCUT2D eigenvalue weighted by molar-refractivity contribution is 6.17. The molecule has 0 fully saturated rings. The van der Waals surface area contributed by atoms with Gasteiger partial charge in [-0.1, -0.05) is 60.7 Å². The van der Waals surface area contributed by atoms with Crippen LogP contribution >= 0.6 is 0 Å². The van der Waals surface area contributed by atoms with Crippen LogP contribution in [0.25, 0.3) is 21.5 Å². The Hall–Kier alpha value is -3.66. The van der Waals surface area contributed by atoms with E-state index in [0.717, 1.165) is 21.5 Å². The van der Waals surface area contributed by atoms with Crippen molar-refractivity contribution in [3.63, 3.8) is 0 Å². The average Bonchev–Trinajstić information content (AvgIpc) is 2.68. The number of amides is 1. The van der Waals surface area contributed by atoms with Crippen molar-refractivity contribution in [1.29, 1.82) is 0 Å². The summed E-state index contributed by atoms with van der Waals surface area (Å²) in [6.07, 6.45) is 1.59. The summed E-state index contributed by atoms with van der Waals surface area (Å²) in [6, 6.07) is 22.4. The SMILES string of the molecule is NC(=O)c1ccccc1N=Cc1c(O)c2ccccc2c2ccccc12. The number of aromatic hydroxyl groups is 1. The Morgan fingerprint density at radius 1 is 0.808 bits per heavy atom. The third-order valence-corrected chi connectivity index (χ3v) is 4.45. The first-order valence-corrected chi connectivity index (χ1v) is 8.22. The van der Waals surface area contributed by atoms with Gasteiger partial charge in [0.25, 0.3) is 5.91 Å². The van der Waals surface area contributed by atoms with Crippen molar-refractivity contribution < 1.29 is 9.90 Å². The Labute approximate surface area is 150 Å². The Morgan fingerprint density at radius 2 is 1.35 bits per heavy atom. The van der Waals surface area contributed by atoms with E-state index >= 15 is 0 Å². The van der Waals surface area contributed by atoms with Gasteiger partial charge in [0, 0.05) is 17.2 Å². The van der Waals surface area contributed by atoms with Gasteiger partial charge < -0.3 is 10.8 Å². The summed E-state index contributed by atoms with van der Waals surface area (Å²) in [6.45, 7) is 0. The Kier molecular flexibility index (Phi) is 3.86. The molecule has 0 radical (unpaired) electrons. The molecule has 126 valence electrons. The Balaban J connectivity index is 1.97. The molecule has 0 atom stereocenters. The zero-order valence-corrected chi connectivity index (χ0v) is 13.9. The molecule has 0 heterocycles. The minimum Gasteiger partial charge on any atom is -0.507 e. The Morgan fingerprint density at radius 3 is 2.04 bits per heavy atom. The van der Waals surface area contributed by atoms with Gasteiger partial charge in [0.2, 0.25) is 0 Å². The van der Waals surface area contributed by atoms with Crippen LogP contribution in [0, 0.1) is 0 Å². The van der Waals surface area contributed by atoms with Crippen LogP contribution in [0.3, 0.4) is 0 Å². The lowest BCUT2D eigenvalue weighted by atomic mass is 9.96. The van der Waals surface area contributed by atoms with E-state index in [1.54, 1.807) is 30.5 Å². The topological polar surface area (TPSA) is 75.7 Å². The van der Waals surface area contributed by atoms with E-state index < -0.39 is 5.91 Å². The largest absolute Gasteiger partial charge is 0.507 e. The number of primary amides is 1. The van der Waals surface area contributed by atoms with Gasteiger partial charge in [-0.15, -0.1) is 0 Å². The molecule has 4 aromatic rings. The quantitative estimate of drug-likeness (QED) is 0.424. The third kappa shape index (κ3) is 2.58. The lowest BCUT2D eigenvalue weighted by Crippen LogP contribution is -2.10. The number of hydrogen-bond acceptors (Lipinski definition) is 3. The predicted octanol–water partition coefficient (Wildman–Crippen LogP) is 4.55. The molecular weight excluding hydrogens is 324 g/mol. The zero-order chi connectivity index (χ0) is 18.1. The number of rotatable bonds is 3. The highest BCUT2D eigenvalue weighted by Gasteiger charge is 2.12. The molecule has 1 amide bonds. The monoisotopic (exact) mass is 340 g/mol. The van der Waals surface area contributed by atoms with Crippen molar-refractivity contribution in [2.75, 3.05) is 0 Å². The number of nitrogens with zero attached hydrogens (tertiary/aromatic N) is 1. The number of carbonyl (C=O) groups excluding carboxylic acids is 1. The maximum Gasteiger partial charge on any atom is 0.250 e. The Bertz CT molecular complexity index is 1180. The fourth-order valence-electron chi connectivity index (χ4n) is 3.21. The molecule has 0 bridgehead atoms. The average molecular weight is 340 g/mol. The van der Waals surface area contributed by atoms with Crippen LogP contribution < -0.4 is 5.73 Å². The lowest BCUT2D eigenvalue weighted by molar-refractivity contribution is 0.100. The molecule has 4 aromatic carbocycles. The summed E-state index contributed by atoms with van der Waals surface area (Å²) in [5, 5.41) is 14.5. The molecule has 0 unspecified atom stereocenters. The van der Waals surface area contributed by atoms with Crippen LogP contribution in [0.1, 0.15) is 15.9 Å². The van der Waals surface area contributed by atoms with Gasteiger partial charge in [-0.2, -0.15) is 0 Å². The number of nitrogens with two attached hydrogens (primary N) is 1. The second-order valence-electron chi connectivity index (χ2n) is 5.99. The molecule has 3 N–H and O–H groups in total. The van der Waals surface area contributed by atoms with Crippen molar-refractivity contribution in [2.45, 2.75) is 0 Å². The van der Waals surface area contributed by atoms with Gasteiger partial charge in [0.15, 0.2) is 0 Å². The standard InChI is InChI=1S/C22H16N2O2/c23-22(26)18-11-5-6-12-20(18)24-13-19-16-9-2-1-7-14(16)15-8-3-4-10-17(15)21(19)25/h1-13,25H,(H2,23,26). The maximum atomic E-state index is 11.6. The van der Waals surface area contributed by atoms with Crippen molar-refractivity contribution in [3.05, 3.63) is 83.9 Å². The summed E-state index contributed by atoms with van der Waals surface area (Å²) < 4.78 is 0. The molecule has 0 saturated carbocycles. The first-order valence-electron chi connectivity index (χ1n) is 8.22. The molecular formula is C22H16N2O2. The number of benzene rings is 4.